The van der Waals surface area contributed by atoms with E-state index in [4.69, 9.17) is 5.73 Å². The normalized spacial score (nSPS) is 17.3. The van der Waals surface area contributed by atoms with Crippen molar-refractivity contribution >= 4 is 10.0 Å². The zero-order chi connectivity index (χ0) is 16.4. The van der Waals surface area contributed by atoms with E-state index in [9.17, 15) is 21.6 Å². The molecule has 1 aromatic heterocycles. The van der Waals surface area contributed by atoms with Crippen molar-refractivity contribution < 1.29 is 26.3 Å². The second-order valence-electron chi connectivity index (χ2n) is 5.09. The van der Waals surface area contributed by atoms with Crippen LogP contribution in [0.2, 0.25) is 0 Å². The van der Waals surface area contributed by atoms with Crippen molar-refractivity contribution in [1.29, 1.82) is 0 Å². The van der Waals surface area contributed by atoms with Gasteiger partial charge >= 0.3 is 6.18 Å². The highest BCUT2D eigenvalue weighted by Gasteiger charge is 2.30. The zero-order valence-electron chi connectivity index (χ0n) is 11.5. The fraction of sp³-hybridized carbons (Fsp3) is 0.583. The molecule has 0 aromatic carbocycles. The van der Waals surface area contributed by atoms with Crippen molar-refractivity contribution in [3.63, 3.8) is 0 Å². The Bertz CT molecular complexity index is 600. The van der Waals surface area contributed by atoms with E-state index in [0.717, 1.165) is 31.2 Å². The Hall–Kier alpha value is -1.39. The van der Waals surface area contributed by atoms with E-state index in [2.05, 4.69) is 14.4 Å². The molecule has 1 saturated carbocycles. The molecule has 1 aliphatic rings. The summed E-state index contributed by atoms with van der Waals surface area (Å²) in [6, 6.07) is 1.96. The summed E-state index contributed by atoms with van der Waals surface area (Å²) in [4.78, 5) is 3.39. The molecule has 1 unspecified atom stereocenters. The van der Waals surface area contributed by atoms with E-state index in [-0.39, 0.29) is 23.4 Å². The average molecular weight is 339 g/mol. The summed E-state index contributed by atoms with van der Waals surface area (Å²) in [6.45, 7) is -1.38. The molecule has 2 rings (SSSR count). The summed E-state index contributed by atoms with van der Waals surface area (Å²) in [5.41, 5.74) is 5.80. The van der Waals surface area contributed by atoms with Crippen molar-refractivity contribution in [3.05, 3.63) is 18.3 Å². The second-order valence-corrected chi connectivity index (χ2v) is 6.86. The third kappa shape index (κ3) is 5.11. The Labute approximate surface area is 125 Å². The van der Waals surface area contributed by atoms with Crippen LogP contribution in [0.3, 0.4) is 0 Å². The van der Waals surface area contributed by atoms with Gasteiger partial charge in [-0.3, -0.25) is 0 Å². The summed E-state index contributed by atoms with van der Waals surface area (Å²) in [5, 5.41) is 0. The quantitative estimate of drug-likeness (QED) is 0.774. The Balaban J connectivity index is 1.93. The SMILES string of the molecule is NC(CNS(=O)(=O)c1ccc(OCC(F)(F)F)nc1)C1CC1. The zero-order valence-corrected chi connectivity index (χ0v) is 12.3. The molecule has 22 heavy (non-hydrogen) atoms. The molecular weight excluding hydrogens is 323 g/mol. The Kier molecular flexibility index (Phi) is 4.93. The molecule has 124 valence electrons. The standard InChI is InChI=1S/C12H16F3N3O3S/c13-12(14,15)7-21-11-4-3-9(5-17-11)22(19,20)18-6-10(16)8-1-2-8/h3-5,8,10,18H,1-2,6-7,16H2. The van der Waals surface area contributed by atoms with Crippen molar-refractivity contribution in [2.45, 2.75) is 30.0 Å². The number of sulfonamides is 1. The molecule has 1 aliphatic carbocycles. The Morgan fingerprint density at radius 3 is 2.59 bits per heavy atom. The Morgan fingerprint density at radius 1 is 1.41 bits per heavy atom. The van der Waals surface area contributed by atoms with Crippen molar-refractivity contribution in [3.8, 4) is 5.88 Å². The lowest BCUT2D eigenvalue weighted by Crippen LogP contribution is -2.38. The third-order valence-electron chi connectivity index (χ3n) is 3.14. The number of nitrogens with two attached hydrogens (primary N) is 1. The second kappa shape index (κ2) is 6.39. The number of rotatable bonds is 7. The predicted octanol–water partition coefficient (Wildman–Crippen LogP) is 1.04. The molecule has 0 radical (unpaired) electrons. The maximum Gasteiger partial charge on any atom is 0.422 e. The van der Waals surface area contributed by atoms with Crippen LogP contribution in [0.25, 0.3) is 0 Å². The fourth-order valence-corrected chi connectivity index (χ4v) is 2.76. The van der Waals surface area contributed by atoms with Crippen molar-refractivity contribution in [1.82, 2.24) is 9.71 Å². The minimum absolute atomic E-state index is 0.110. The molecule has 0 saturated heterocycles. The first-order valence-electron chi connectivity index (χ1n) is 6.58. The molecule has 1 aromatic rings. The number of pyridine rings is 1. The van der Waals surface area contributed by atoms with Gasteiger partial charge in [0, 0.05) is 18.7 Å². The number of alkyl halides is 3. The largest absolute Gasteiger partial charge is 0.468 e. The van der Waals surface area contributed by atoms with Gasteiger partial charge in [0.05, 0.1) is 6.20 Å². The summed E-state index contributed by atoms with van der Waals surface area (Å²) < 4.78 is 66.7. The highest BCUT2D eigenvalue weighted by molar-refractivity contribution is 7.89. The number of hydrogen-bond acceptors (Lipinski definition) is 5. The van der Waals surface area contributed by atoms with E-state index in [1.807, 2.05) is 0 Å². The molecular formula is C12H16F3N3O3S. The average Bonchev–Trinajstić information content (AvgIpc) is 3.27. The Morgan fingerprint density at radius 2 is 2.09 bits per heavy atom. The van der Waals surface area contributed by atoms with Crippen LogP contribution in [0.5, 0.6) is 5.88 Å². The molecule has 3 N–H and O–H groups in total. The predicted molar refractivity (Wildman–Crippen MR) is 71.7 cm³/mol. The van der Waals surface area contributed by atoms with Crippen LogP contribution in [0, 0.1) is 5.92 Å². The molecule has 1 atom stereocenters. The molecule has 1 fully saturated rings. The number of nitrogens with zero attached hydrogens (tertiary/aromatic N) is 1. The first-order valence-corrected chi connectivity index (χ1v) is 8.06. The fourth-order valence-electron chi connectivity index (χ4n) is 1.75. The maximum absolute atomic E-state index is 12.0. The number of halogens is 3. The number of nitrogens with one attached hydrogen (secondary N) is 1. The van der Waals surface area contributed by atoms with Crippen LogP contribution in [-0.4, -0.2) is 38.8 Å². The molecule has 0 spiro atoms. The summed E-state index contributed by atoms with van der Waals surface area (Å²) in [5.74, 6) is 0.0462. The third-order valence-corrected chi connectivity index (χ3v) is 4.55. The van der Waals surface area contributed by atoms with Crippen LogP contribution in [0.1, 0.15) is 12.8 Å². The van der Waals surface area contributed by atoms with Gasteiger partial charge in [-0.05, 0) is 24.8 Å². The number of aromatic nitrogens is 1. The highest BCUT2D eigenvalue weighted by Crippen LogP contribution is 2.31. The van der Waals surface area contributed by atoms with Gasteiger partial charge in [0.15, 0.2) is 6.61 Å². The van der Waals surface area contributed by atoms with Crippen LogP contribution in [0.4, 0.5) is 13.2 Å². The molecule has 0 aliphatic heterocycles. The van der Waals surface area contributed by atoms with Gasteiger partial charge in [-0.25, -0.2) is 18.1 Å². The minimum Gasteiger partial charge on any atom is -0.468 e. The molecule has 10 heteroatoms. The van der Waals surface area contributed by atoms with Crippen molar-refractivity contribution in [2.24, 2.45) is 11.7 Å². The van der Waals surface area contributed by atoms with Gasteiger partial charge in [0.25, 0.3) is 0 Å². The van der Waals surface area contributed by atoms with Crippen molar-refractivity contribution in [2.75, 3.05) is 13.2 Å². The number of ether oxygens (including phenoxy) is 1. The van der Waals surface area contributed by atoms with Crippen LogP contribution in [-0.2, 0) is 10.0 Å². The first kappa shape index (κ1) is 17.0. The van der Waals surface area contributed by atoms with Gasteiger partial charge in [0.2, 0.25) is 15.9 Å². The lowest BCUT2D eigenvalue weighted by molar-refractivity contribution is -0.154. The van der Waals surface area contributed by atoms with Gasteiger partial charge in [-0.1, -0.05) is 0 Å². The topological polar surface area (TPSA) is 94.3 Å². The van der Waals surface area contributed by atoms with Crippen LogP contribution in [0.15, 0.2) is 23.2 Å². The molecule has 6 nitrogen and oxygen atoms in total. The molecule has 1 heterocycles. The van der Waals surface area contributed by atoms with E-state index in [0.29, 0.717) is 5.92 Å². The lowest BCUT2D eigenvalue weighted by Gasteiger charge is -2.12. The molecule has 0 amide bonds. The summed E-state index contributed by atoms with van der Waals surface area (Å²) in [7, 11) is -3.79. The van der Waals surface area contributed by atoms with E-state index in [1.54, 1.807) is 0 Å². The van der Waals surface area contributed by atoms with Gasteiger partial charge < -0.3 is 10.5 Å². The number of hydrogen-bond donors (Lipinski definition) is 2. The summed E-state index contributed by atoms with van der Waals surface area (Å²) >= 11 is 0. The smallest absolute Gasteiger partial charge is 0.422 e. The van der Waals surface area contributed by atoms with Crippen LogP contribution < -0.4 is 15.2 Å². The van der Waals surface area contributed by atoms with E-state index >= 15 is 0 Å². The molecule has 0 bridgehead atoms. The monoisotopic (exact) mass is 339 g/mol. The summed E-state index contributed by atoms with van der Waals surface area (Å²) in [6.07, 6.45) is -1.55. The first-order chi connectivity index (χ1) is 10.2. The van der Waals surface area contributed by atoms with E-state index in [1.165, 1.54) is 0 Å². The van der Waals surface area contributed by atoms with Gasteiger partial charge in [0.1, 0.15) is 4.90 Å². The highest BCUT2D eigenvalue weighted by atomic mass is 32.2. The lowest BCUT2D eigenvalue weighted by atomic mass is 10.2. The van der Waals surface area contributed by atoms with Crippen LogP contribution >= 0.6 is 0 Å². The minimum atomic E-state index is -4.48. The van der Waals surface area contributed by atoms with Gasteiger partial charge in [-0.2, -0.15) is 13.2 Å². The maximum atomic E-state index is 12.0. The van der Waals surface area contributed by atoms with E-state index < -0.39 is 22.8 Å². The van der Waals surface area contributed by atoms with Gasteiger partial charge in [-0.15, -0.1) is 0 Å².